The Kier molecular flexibility index (Phi) is 3.50. The molecule has 6 heteroatoms. The molecule has 2 aromatic rings. The van der Waals surface area contributed by atoms with Gasteiger partial charge in [0.2, 0.25) is 5.89 Å². The van der Waals surface area contributed by atoms with E-state index in [4.69, 9.17) is 4.52 Å². The van der Waals surface area contributed by atoms with E-state index in [1.54, 1.807) is 26.1 Å². The monoisotopic (exact) mass is 261 g/mol. The van der Waals surface area contributed by atoms with Crippen LogP contribution in [-0.4, -0.2) is 33.1 Å². The van der Waals surface area contributed by atoms with Crippen molar-refractivity contribution < 1.29 is 14.4 Å². The lowest BCUT2D eigenvalue weighted by Gasteiger charge is -2.16. The first-order valence-corrected chi connectivity index (χ1v) is 5.81. The molecule has 100 valence electrons. The quantitative estimate of drug-likeness (QED) is 0.909. The van der Waals surface area contributed by atoms with Crippen molar-refractivity contribution in [2.24, 2.45) is 0 Å². The summed E-state index contributed by atoms with van der Waals surface area (Å²) < 4.78 is 4.85. The summed E-state index contributed by atoms with van der Waals surface area (Å²) in [6.45, 7) is 3.77. The van der Waals surface area contributed by atoms with Crippen LogP contribution in [-0.2, 0) is 6.54 Å². The molecule has 0 radical (unpaired) electrons. The van der Waals surface area contributed by atoms with Gasteiger partial charge in [0, 0.05) is 14.0 Å². The number of benzene rings is 1. The fourth-order valence-electron chi connectivity index (χ4n) is 1.72. The third-order valence-electron chi connectivity index (χ3n) is 2.68. The van der Waals surface area contributed by atoms with Crippen LogP contribution in [0.4, 0.5) is 0 Å². The molecule has 1 N–H and O–H groups in total. The number of rotatable bonds is 3. The Morgan fingerprint density at radius 2 is 2.16 bits per heavy atom. The molecule has 0 saturated carbocycles. The number of hydrogen-bond donors (Lipinski definition) is 1. The number of phenolic OH excluding ortho intramolecular Hbond substituents is 1. The third kappa shape index (κ3) is 2.90. The number of phenols is 1. The average Bonchev–Trinajstić information content (AvgIpc) is 2.77. The molecule has 2 rings (SSSR count). The summed E-state index contributed by atoms with van der Waals surface area (Å²) in [5.74, 6) is 0.560. The normalized spacial score (nSPS) is 10.5. The summed E-state index contributed by atoms with van der Waals surface area (Å²) in [6.07, 6.45) is 0. The minimum Gasteiger partial charge on any atom is -0.507 e. The summed E-state index contributed by atoms with van der Waals surface area (Å²) >= 11 is 0. The molecule has 0 aliphatic heterocycles. The molecule has 0 atom stereocenters. The fourth-order valence-corrected chi connectivity index (χ4v) is 1.72. The molecule has 0 fully saturated rings. The van der Waals surface area contributed by atoms with Crippen molar-refractivity contribution in [2.75, 3.05) is 7.05 Å². The SMILES string of the molecule is Cc1ccc(O)c(C(=O)N(C)Cc2noc(C)n2)c1. The van der Waals surface area contributed by atoms with Crippen LogP contribution in [0.15, 0.2) is 22.7 Å². The van der Waals surface area contributed by atoms with Gasteiger partial charge in [0.1, 0.15) is 5.75 Å². The molecule has 0 unspecified atom stereocenters. The van der Waals surface area contributed by atoms with Gasteiger partial charge in [-0.2, -0.15) is 4.98 Å². The van der Waals surface area contributed by atoms with Crippen molar-refractivity contribution in [2.45, 2.75) is 20.4 Å². The Morgan fingerprint density at radius 3 is 2.79 bits per heavy atom. The van der Waals surface area contributed by atoms with Crippen molar-refractivity contribution >= 4 is 5.91 Å². The molecular formula is C13H15N3O3. The molecule has 1 aromatic heterocycles. The van der Waals surface area contributed by atoms with Gasteiger partial charge in [-0.15, -0.1) is 0 Å². The number of hydrogen-bond acceptors (Lipinski definition) is 5. The van der Waals surface area contributed by atoms with Gasteiger partial charge in [-0.25, -0.2) is 0 Å². The average molecular weight is 261 g/mol. The first-order valence-electron chi connectivity index (χ1n) is 5.81. The van der Waals surface area contributed by atoms with Crippen LogP contribution in [0.2, 0.25) is 0 Å². The maximum atomic E-state index is 12.2. The molecule has 0 aliphatic rings. The highest BCUT2D eigenvalue weighted by atomic mass is 16.5. The van der Waals surface area contributed by atoms with E-state index in [0.29, 0.717) is 11.7 Å². The first kappa shape index (κ1) is 13.1. The topological polar surface area (TPSA) is 79.5 Å². The lowest BCUT2D eigenvalue weighted by molar-refractivity contribution is 0.0777. The Morgan fingerprint density at radius 1 is 1.42 bits per heavy atom. The highest BCUT2D eigenvalue weighted by Crippen LogP contribution is 2.20. The zero-order valence-corrected chi connectivity index (χ0v) is 11.0. The summed E-state index contributed by atoms with van der Waals surface area (Å²) in [6, 6.07) is 4.90. The highest BCUT2D eigenvalue weighted by Gasteiger charge is 2.17. The number of aryl methyl sites for hydroxylation is 2. The van der Waals surface area contributed by atoms with Crippen LogP contribution in [0, 0.1) is 13.8 Å². The van der Waals surface area contributed by atoms with Crippen molar-refractivity contribution in [3.05, 3.63) is 41.0 Å². The molecule has 0 bridgehead atoms. The van der Waals surface area contributed by atoms with E-state index in [-0.39, 0.29) is 23.8 Å². The number of carbonyl (C=O) groups excluding carboxylic acids is 1. The van der Waals surface area contributed by atoms with Crippen LogP contribution in [0.3, 0.4) is 0 Å². The summed E-state index contributed by atoms with van der Waals surface area (Å²) in [5, 5.41) is 13.5. The third-order valence-corrected chi connectivity index (χ3v) is 2.68. The van der Waals surface area contributed by atoms with E-state index in [9.17, 15) is 9.90 Å². The number of aromatic hydroxyl groups is 1. The van der Waals surface area contributed by atoms with E-state index in [1.165, 1.54) is 11.0 Å². The van der Waals surface area contributed by atoms with Crippen LogP contribution in [0.1, 0.15) is 27.6 Å². The summed E-state index contributed by atoms with van der Waals surface area (Å²) in [5.41, 5.74) is 1.17. The van der Waals surface area contributed by atoms with Gasteiger partial charge in [-0.05, 0) is 19.1 Å². The van der Waals surface area contributed by atoms with E-state index in [1.807, 2.05) is 6.92 Å². The second-order valence-corrected chi connectivity index (χ2v) is 4.41. The Bertz CT molecular complexity index is 607. The molecule has 0 spiro atoms. The smallest absolute Gasteiger partial charge is 0.257 e. The minimum atomic E-state index is -0.288. The highest BCUT2D eigenvalue weighted by molar-refractivity contribution is 5.96. The largest absolute Gasteiger partial charge is 0.507 e. The van der Waals surface area contributed by atoms with Gasteiger partial charge < -0.3 is 14.5 Å². The number of amides is 1. The standard InChI is InChI=1S/C13H15N3O3/c1-8-4-5-11(17)10(6-8)13(18)16(3)7-12-14-9(2)19-15-12/h4-6,17H,7H2,1-3H3. The number of carbonyl (C=O) groups is 1. The molecular weight excluding hydrogens is 246 g/mol. The van der Waals surface area contributed by atoms with Gasteiger partial charge in [-0.3, -0.25) is 4.79 Å². The second-order valence-electron chi connectivity index (χ2n) is 4.41. The van der Waals surface area contributed by atoms with Crippen molar-refractivity contribution in [3.63, 3.8) is 0 Å². The van der Waals surface area contributed by atoms with Gasteiger partial charge in [0.25, 0.3) is 5.91 Å². The number of aromatic nitrogens is 2. The molecule has 1 amide bonds. The first-order chi connectivity index (χ1) is 8.97. The maximum Gasteiger partial charge on any atom is 0.257 e. The predicted octanol–water partition coefficient (Wildman–Crippen LogP) is 1.66. The zero-order valence-electron chi connectivity index (χ0n) is 11.0. The van der Waals surface area contributed by atoms with E-state index < -0.39 is 0 Å². The molecule has 19 heavy (non-hydrogen) atoms. The second kappa shape index (κ2) is 5.09. The van der Waals surface area contributed by atoms with Crippen molar-refractivity contribution in [1.82, 2.24) is 15.0 Å². The lowest BCUT2D eigenvalue weighted by atomic mass is 10.1. The van der Waals surface area contributed by atoms with Crippen LogP contribution < -0.4 is 0 Å². The Balaban J connectivity index is 2.16. The van der Waals surface area contributed by atoms with Gasteiger partial charge in [0.05, 0.1) is 12.1 Å². The van der Waals surface area contributed by atoms with Crippen LogP contribution in [0.5, 0.6) is 5.75 Å². The van der Waals surface area contributed by atoms with Gasteiger partial charge >= 0.3 is 0 Å². The maximum absolute atomic E-state index is 12.2. The van der Waals surface area contributed by atoms with Crippen molar-refractivity contribution in [1.29, 1.82) is 0 Å². The van der Waals surface area contributed by atoms with Crippen LogP contribution in [0.25, 0.3) is 0 Å². The molecule has 0 aliphatic carbocycles. The van der Waals surface area contributed by atoms with Crippen molar-refractivity contribution in [3.8, 4) is 5.75 Å². The summed E-state index contributed by atoms with van der Waals surface area (Å²) in [7, 11) is 1.62. The Labute approximate surface area is 110 Å². The molecule has 0 saturated heterocycles. The predicted molar refractivity (Wildman–Crippen MR) is 67.7 cm³/mol. The minimum absolute atomic E-state index is 0.0354. The zero-order chi connectivity index (χ0) is 14.0. The molecule has 1 aromatic carbocycles. The van der Waals surface area contributed by atoms with E-state index in [0.717, 1.165) is 5.56 Å². The van der Waals surface area contributed by atoms with Crippen LogP contribution >= 0.6 is 0 Å². The molecule has 6 nitrogen and oxygen atoms in total. The lowest BCUT2D eigenvalue weighted by Crippen LogP contribution is -2.26. The van der Waals surface area contributed by atoms with E-state index >= 15 is 0 Å². The van der Waals surface area contributed by atoms with Gasteiger partial charge in [0.15, 0.2) is 5.82 Å². The molecule has 1 heterocycles. The summed E-state index contributed by atoms with van der Waals surface area (Å²) in [4.78, 5) is 17.7. The van der Waals surface area contributed by atoms with E-state index in [2.05, 4.69) is 10.1 Å². The van der Waals surface area contributed by atoms with Gasteiger partial charge in [-0.1, -0.05) is 16.8 Å². The Hall–Kier alpha value is -2.37. The fraction of sp³-hybridized carbons (Fsp3) is 0.308. The number of nitrogens with zero attached hydrogens (tertiary/aromatic N) is 3.